The lowest BCUT2D eigenvalue weighted by molar-refractivity contribution is 0.428. The van der Waals surface area contributed by atoms with Crippen molar-refractivity contribution in [2.24, 2.45) is 0 Å². The fourth-order valence-corrected chi connectivity index (χ4v) is 2.35. The van der Waals surface area contributed by atoms with Crippen molar-refractivity contribution in [3.8, 4) is 0 Å². The summed E-state index contributed by atoms with van der Waals surface area (Å²) in [5.41, 5.74) is 2.22. The van der Waals surface area contributed by atoms with E-state index in [2.05, 4.69) is 10.3 Å². The molecular formula is C16H17N3O2. The molecule has 5 heteroatoms. The Morgan fingerprint density at radius 2 is 2.19 bits per heavy atom. The van der Waals surface area contributed by atoms with E-state index in [4.69, 9.17) is 4.42 Å². The van der Waals surface area contributed by atoms with Gasteiger partial charge in [-0.1, -0.05) is 6.07 Å². The Labute approximate surface area is 122 Å². The third kappa shape index (κ3) is 2.73. The maximum absolute atomic E-state index is 12.2. The number of fused-ring (bicyclic) bond motifs is 1. The first-order valence-corrected chi connectivity index (χ1v) is 6.90. The molecule has 1 atom stereocenters. The van der Waals surface area contributed by atoms with Gasteiger partial charge in [-0.2, -0.15) is 0 Å². The lowest BCUT2D eigenvalue weighted by atomic mass is 10.2. The molecule has 5 nitrogen and oxygen atoms in total. The van der Waals surface area contributed by atoms with Gasteiger partial charge in [-0.05, 0) is 38.1 Å². The molecule has 0 saturated heterocycles. The average molecular weight is 283 g/mol. The fraction of sp³-hybridized carbons (Fsp3) is 0.250. The minimum atomic E-state index is -0.0550. The van der Waals surface area contributed by atoms with Crippen molar-refractivity contribution in [2.75, 3.05) is 0 Å². The van der Waals surface area contributed by atoms with Gasteiger partial charge in [0, 0.05) is 18.3 Å². The van der Waals surface area contributed by atoms with Crippen molar-refractivity contribution < 1.29 is 4.42 Å². The Morgan fingerprint density at radius 3 is 2.95 bits per heavy atom. The van der Waals surface area contributed by atoms with Crippen LogP contribution in [-0.2, 0) is 6.54 Å². The molecular weight excluding hydrogens is 266 g/mol. The second-order valence-corrected chi connectivity index (χ2v) is 5.06. The quantitative estimate of drug-likeness (QED) is 0.799. The van der Waals surface area contributed by atoms with Crippen LogP contribution >= 0.6 is 0 Å². The first kappa shape index (κ1) is 13.6. The van der Waals surface area contributed by atoms with E-state index >= 15 is 0 Å². The number of hydrogen-bond donors (Lipinski definition) is 1. The van der Waals surface area contributed by atoms with Gasteiger partial charge in [0.25, 0.3) is 5.56 Å². The van der Waals surface area contributed by atoms with Crippen LogP contribution in [0.3, 0.4) is 0 Å². The van der Waals surface area contributed by atoms with E-state index in [1.54, 1.807) is 16.7 Å². The third-order valence-electron chi connectivity index (χ3n) is 3.49. The van der Waals surface area contributed by atoms with Crippen LogP contribution in [0.1, 0.15) is 30.1 Å². The van der Waals surface area contributed by atoms with Crippen LogP contribution in [0, 0.1) is 6.92 Å². The first-order valence-electron chi connectivity index (χ1n) is 6.90. The van der Waals surface area contributed by atoms with Crippen LogP contribution in [0.5, 0.6) is 0 Å². The topological polar surface area (TPSA) is 59.5 Å². The molecule has 0 saturated carbocycles. The Kier molecular flexibility index (Phi) is 3.58. The molecule has 3 aromatic heterocycles. The van der Waals surface area contributed by atoms with Gasteiger partial charge in [-0.25, -0.2) is 4.98 Å². The highest BCUT2D eigenvalue weighted by Crippen LogP contribution is 2.12. The number of nitrogens with zero attached hydrogens (tertiary/aromatic N) is 2. The van der Waals surface area contributed by atoms with Gasteiger partial charge >= 0.3 is 0 Å². The second-order valence-electron chi connectivity index (χ2n) is 5.06. The molecule has 1 N–H and O–H groups in total. The van der Waals surface area contributed by atoms with Gasteiger partial charge in [0.15, 0.2) is 0 Å². The average Bonchev–Trinajstić information content (AvgIpc) is 2.98. The molecule has 0 fully saturated rings. The largest absolute Gasteiger partial charge is 0.468 e. The Morgan fingerprint density at radius 1 is 1.33 bits per heavy atom. The van der Waals surface area contributed by atoms with Gasteiger partial charge in [-0.3, -0.25) is 9.20 Å². The van der Waals surface area contributed by atoms with Crippen molar-refractivity contribution in [3.05, 3.63) is 70.2 Å². The summed E-state index contributed by atoms with van der Waals surface area (Å²) in [7, 11) is 0. The highest BCUT2D eigenvalue weighted by atomic mass is 16.3. The number of rotatable bonds is 4. The van der Waals surface area contributed by atoms with Gasteiger partial charge < -0.3 is 9.73 Å². The summed E-state index contributed by atoms with van der Waals surface area (Å²) in [5, 5.41) is 3.30. The van der Waals surface area contributed by atoms with E-state index in [1.165, 1.54) is 0 Å². The molecule has 0 aliphatic rings. The minimum Gasteiger partial charge on any atom is -0.468 e. The van der Waals surface area contributed by atoms with Gasteiger partial charge in [-0.15, -0.1) is 0 Å². The van der Waals surface area contributed by atoms with Gasteiger partial charge in [0.05, 0.1) is 18.0 Å². The maximum Gasteiger partial charge on any atom is 0.258 e. The molecule has 0 spiro atoms. The minimum absolute atomic E-state index is 0.0550. The number of pyridine rings is 1. The molecule has 0 unspecified atom stereocenters. The summed E-state index contributed by atoms with van der Waals surface area (Å²) >= 11 is 0. The summed E-state index contributed by atoms with van der Waals surface area (Å²) in [5.74, 6) is 0.864. The predicted octanol–water partition coefficient (Wildman–Crippen LogP) is 2.45. The molecule has 3 rings (SSSR count). The number of furan rings is 1. The molecule has 0 bridgehead atoms. The lowest BCUT2D eigenvalue weighted by Crippen LogP contribution is -2.22. The third-order valence-corrected chi connectivity index (χ3v) is 3.49. The second kappa shape index (κ2) is 5.54. The van der Waals surface area contributed by atoms with Crippen LogP contribution in [-0.4, -0.2) is 9.38 Å². The molecule has 3 aromatic rings. The molecule has 21 heavy (non-hydrogen) atoms. The Bertz CT molecular complexity index is 806. The highest BCUT2D eigenvalue weighted by Gasteiger charge is 2.09. The number of aromatic nitrogens is 2. The summed E-state index contributed by atoms with van der Waals surface area (Å²) in [6.45, 7) is 4.42. The van der Waals surface area contributed by atoms with E-state index in [0.29, 0.717) is 12.2 Å². The Balaban J connectivity index is 1.84. The van der Waals surface area contributed by atoms with Crippen LogP contribution in [0.15, 0.2) is 51.9 Å². The molecule has 108 valence electrons. The summed E-state index contributed by atoms with van der Waals surface area (Å²) in [6, 6.07) is 11.1. The summed E-state index contributed by atoms with van der Waals surface area (Å²) in [6.07, 6.45) is 1.65. The fourth-order valence-electron chi connectivity index (χ4n) is 2.35. The van der Waals surface area contributed by atoms with Crippen molar-refractivity contribution >= 4 is 5.65 Å². The standard InChI is InChI=1S/C16H17N3O2/c1-11-5-3-7-15-18-13(9-16(20)19(11)15)10-17-12(2)14-6-4-8-21-14/h3-9,12,17H,10H2,1-2H3/t12-/m1/s1. The summed E-state index contributed by atoms with van der Waals surface area (Å²) < 4.78 is 6.96. The zero-order chi connectivity index (χ0) is 14.8. The van der Waals surface area contributed by atoms with Gasteiger partial charge in [0.1, 0.15) is 11.4 Å². The van der Waals surface area contributed by atoms with Crippen molar-refractivity contribution in [3.63, 3.8) is 0 Å². The Hall–Kier alpha value is -2.40. The first-order chi connectivity index (χ1) is 10.1. The SMILES string of the molecule is Cc1cccc2nc(CN[C@H](C)c3ccco3)cc(=O)n12. The van der Waals surface area contributed by atoms with Crippen LogP contribution in [0.2, 0.25) is 0 Å². The van der Waals surface area contributed by atoms with E-state index in [1.807, 2.05) is 44.2 Å². The predicted molar refractivity (Wildman–Crippen MR) is 80.2 cm³/mol. The van der Waals surface area contributed by atoms with Crippen LogP contribution in [0.25, 0.3) is 5.65 Å². The molecule has 0 aromatic carbocycles. The molecule has 0 radical (unpaired) electrons. The summed E-state index contributed by atoms with van der Waals surface area (Å²) in [4.78, 5) is 16.7. The molecule has 0 amide bonds. The van der Waals surface area contributed by atoms with E-state index < -0.39 is 0 Å². The number of nitrogens with one attached hydrogen (secondary N) is 1. The van der Waals surface area contributed by atoms with E-state index in [-0.39, 0.29) is 11.6 Å². The zero-order valence-electron chi connectivity index (χ0n) is 12.0. The smallest absolute Gasteiger partial charge is 0.258 e. The van der Waals surface area contributed by atoms with Crippen LogP contribution < -0.4 is 10.9 Å². The lowest BCUT2D eigenvalue weighted by Gasteiger charge is -2.11. The van der Waals surface area contributed by atoms with Gasteiger partial charge in [0.2, 0.25) is 0 Å². The maximum atomic E-state index is 12.2. The van der Waals surface area contributed by atoms with E-state index in [9.17, 15) is 4.79 Å². The highest BCUT2D eigenvalue weighted by molar-refractivity contribution is 5.40. The molecule has 0 aliphatic carbocycles. The van der Waals surface area contributed by atoms with Crippen LogP contribution in [0.4, 0.5) is 0 Å². The molecule has 0 aliphatic heterocycles. The van der Waals surface area contributed by atoms with Crippen molar-refractivity contribution in [1.82, 2.24) is 14.7 Å². The zero-order valence-corrected chi connectivity index (χ0v) is 12.0. The monoisotopic (exact) mass is 283 g/mol. The number of aryl methyl sites for hydroxylation is 1. The molecule has 3 heterocycles. The van der Waals surface area contributed by atoms with E-state index in [0.717, 1.165) is 17.1 Å². The normalized spacial score (nSPS) is 12.7. The van der Waals surface area contributed by atoms with Crippen molar-refractivity contribution in [2.45, 2.75) is 26.4 Å². The number of hydrogen-bond acceptors (Lipinski definition) is 4. The van der Waals surface area contributed by atoms with Crippen molar-refractivity contribution in [1.29, 1.82) is 0 Å².